The van der Waals surface area contributed by atoms with Gasteiger partial charge in [0.05, 0.1) is 0 Å². The summed E-state index contributed by atoms with van der Waals surface area (Å²) in [4.78, 5) is 16.7. The van der Waals surface area contributed by atoms with E-state index in [0.29, 0.717) is 6.42 Å². The molecule has 2 rings (SSSR count). The van der Waals surface area contributed by atoms with Gasteiger partial charge in [-0.2, -0.15) is 0 Å². The predicted molar refractivity (Wildman–Crippen MR) is 76.9 cm³/mol. The van der Waals surface area contributed by atoms with Crippen LogP contribution in [0.2, 0.25) is 0 Å². The molecule has 2 N–H and O–H groups in total. The second kappa shape index (κ2) is 6.80. The smallest absolute Gasteiger partial charge is 0.143 e. The lowest BCUT2D eigenvalue weighted by Crippen LogP contribution is -2.35. The number of aryl methyl sites for hydroxylation is 1. The number of carbonyl (C=O) groups is 1. The number of nitrogens with two attached hydrogens (primary N) is 1. The first kappa shape index (κ1) is 14.2. The molecule has 1 heterocycles. The van der Waals surface area contributed by atoms with Crippen LogP contribution in [0, 0.1) is 5.92 Å². The average molecular weight is 260 g/mol. The molecule has 0 amide bonds. The van der Waals surface area contributed by atoms with E-state index in [1.165, 1.54) is 12.0 Å². The van der Waals surface area contributed by atoms with Crippen LogP contribution in [0.5, 0.6) is 0 Å². The Morgan fingerprint density at radius 2 is 2.11 bits per heavy atom. The molecule has 1 saturated carbocycles. The summed E-state index contributed by atoms with van der Waals surface area (Å²) in [6.45, 7) is 2.10. The molecule has 0 aromatic carbocycles. The maximum atomic E-state index is 12.4. The van der Waals surface area contributed by atoms with Crippen molar-refractivity contribution in [2.75, 3.05) is 0 Å². The van der Waals surface area contributed by atoms with Crippen LogP contribution in [0.3, 0.4) is 0 Å². The molecule has 1 aromatic heterocycles. The van der Waals surface area contributed by atoms with Crippen molar-refractivity contribution in [3.05, 3.63) is 29.6 Å². The largest absolute Gasteiger partial charge is 0.327 e. The minimum Gasteiger partial charge on any atom is -0.327 e. The van der Waals surface area contributed by atoms with Crippen molar-refractivity contribution >= 4 is 5.78 Å². The van der Waals surface area contributed by atoms with E-state index in [1.807, 2.05) is 12.3 Å². The minimum atomic E-state index is 0.0372. The number of hydrogen-bond donors (Lipinski definition) is 1. The third kappa shape index (κ3) is 3.87. The van der Waals surface area contributed by atoms with Gasteiger partial charge in [0.1, 0.15) is 5.78 Å². The van der Waals surface area contributed by atoms with Crippen LogP contribution < -0.4 is 5.73 Å². The van der Waals surface area contributed by atoms with Gasteiger partial charge in [-0.3, -0.25) is 9.78 Å². The Kier molecular flexibility index (Phi) is 5.08. The average Bonchev–Trinajstić information content (AvgIpc) is 2.64. The van der Waals surface area contributed by atoms with E-state index in [0.717, 1.165) is 37.8 Å². The van der Waals surface area contributed by atoms with E-state index in [2.05, 4.69) is 18.0 Å². The van der Waals surface area contributed by atoms with Crippen molar-refractivity contribution in [1.82, 2.24) is 4.98 Å². The highest BCUT2D eigenvalue weighted by molar-refractivity contribution is 5.83. The summed E-state index contributed by atoms with van der Waals surface area (Å²) in [5, 5.41) is 0. The molecule has 1 fully saturated rings. The zero-order chi connectivity index (χ0) is 13.7. The standard InChI is InChI=1S/C16H24N2O/c1-2-12-8-9-13(18-11-12)10-16(19)14-6-4-3-5-7-15(14)17/h8-9,11,14-15H,2-7,10,17H2,1H3. The van der Waals surface area contributed by atoms with Gasteiger partial charge >= 0.3 is 0 Å². The molecule has 0 spiro atoms. The molecule has 19 heavy (non-hydrogen) atoms. The lowest BCUT2D eigenvalue weighted by molar-refractivity contribution is -0.123. The Labute approximate surface area is 115 Å². The number of nitrogens with zero attached hydrogens (tertiary/aromatic N) is 1. The Bertz CT molecular complexity index is 413. The van der Waals surface area contributed by atoms with E-state index >= 15 is 0 Å². The van der Waals surface area contributed by atoms with Crippen molar-refractivity contribution in [2.45, 2.75) is 57.9 Å². The van der Waals surface area contributed by atoms with Gasteiger partial charge in [0.15, 0.2) is 0 Å². The van der Waals surface area contributed by atoms with Crippen LogP contribution >= 0.6 is 0 Å². The van der Waals surface area contributed by atoms with Crippen molar-refractivity contribution in [3.63, 3.8) is 0 Å². The van der Waals surface area contributed by atoms with Gasteiger partial charge in [-0.15, -0.1) is 0 Å². The molecule has 1 aromatic rings. The van der Waals surface area contributed by atoms with Crippen LogP contribution in [0.1, 0.15) is 50.3 Å². The molecule has 0 aliphatic heterocycles. The summed E-state index contributed by atoms with van der Waals surface area (Å²) < 4.78 is 0. The Morgan fingerprint density at radius 3 is 2.79 bits per heavy atom. The summed E-state index contributed by atoms with van der Waals surface area (Å²) in [6.07, 6.45) is 8.72. The summed E-state index contributed by atoms with van der Waals surface area (Å²) in [5.41, 5.74) is 8.22. The van der Waals surface area contributed by atoms with E-state index in [9.17, 15) is 4.79 Å². The number of rotatable bonds is 4. The van der Waals surface area contributed by atoms with E-state index in [4.69, 9.17) is 5.73 Å². The molecule has 1 aliphatic carbocycles. The molecule has 1 aliphatic rings. The fourth-order valence-corrected chi connectivity index (χ4v) is 2.81. The Hall–Kier alpha value is -1.22. The van der Waals surface area contributed by atoms with Crippen LogP contribution in [0.4, 0.5) is 0 Å². The van der Waals surface area contributed by atoms with Crippen molar-refractivity contribution in [2.24, 2.45) is 11.7 Å². The molecule has 2 atom stereocenters. The van der Waals surface area contributed by atoms with Crippen molar-refractivity contribution in [1.29, 1.82) is 0 Å². The fraction of sp³-hybridized carbons (Fsp3) is 0.625. The van der Waals surface area contributed by atoms with Gasteiger partial charge in [0.2, 0.25) is 0 Å². The highest BCUT2D eigenvalue weighted by atomic mass is 16.1. The fourth-order valence-electron chi connectivity index (χ4n) is 2.81. The second-order valence-corrected chi connectivity index (χ2v) is 5.56. The quantitative estimate of drug-likeness (QED) is 0.847. The molecular weight excluding hydrogens is 236 g/mol. The zero-order valence-corrected chi connectivity index (χ0v) is 11.8. The SMILES string of the molecule is CCc1ccc(CC(=O)C2CCCCCC2N)nc1. The van der Waals surface area contributed by atoms with Crippen LogP contribution in [0.15, 0.2) is 18.3 Å². The zero-order valence-electron chi connectivity index (χ0n) is 11.8. The molecule has 3 heteroatoms. The summed E-state index contributed by atoms with van der Waals surface area (Å²) >= 11 is 0. The Balaban J connectivity index is 1.98. The molecule has 2 unspecified atom stereocenters. The van der Waals surface area contributed by atoms with Gasteiger partial charge in [-0.25, -0.2) is 0 Å². The number of aromatic nitrogens is 1. The molecule has 104 valence electrons. The first-order chi connectivity index (χ1) is 9.20. The maximum Gasteiger partial charge on any atom is 0.143 e. The number of hydrogen-bond acceptors (Lipinski definition) is 3. The first-order valence-electron chi connectivity index (χ1n) is 7.42. The lowest BCUT2D eigenvalue weighted by atomic mass is 9.89. The summed E-state index contributed by atoms with van der Waals surface area (Å²) in [6, 6.07) is 4.08. The number of carbonyl (C=O) groups excluding carboxylic acids is 1. The van der Waals surface area contributed by atoms with Crippen molar-refractivity contribution in [3.8, 4) is 0 Å². The Morgan fingerprint density at radius 1 is 1.32 bits per heavy atom. The number of Topliss-reactive ketones (excluding diaryl/α,β-unsaturated/α-hetero) is 1. The third-order valence-corrected chi connectivity index (χ3v) is 4.13. The highest BCUT2D eigenvalue weighted by Crippen LogP contribution is 2.24. The van der Waals surface area contributed by atoms with Gasteiger partial charge in [-0.1, -0.05) is 32.3 Å². The van der Waals surface area contributed by atoms with Gasteiger partial charge < -0.3 is 5.73 Å². The molecule has 0 saturated heterocycles. The van der Waals surface area contributed by atoms with Gasteiger partial charge in [0.25, 0.3) is 0 Å². The molecular formula is C16H24N2O. The second-order valence-electron chi connectivity index (χ2n) is 5.56. The van der Waals surface area contributed by atoms with Crippen LogP contribution in [-0.2, 0) is 17.6 Å². The normalized spacial score (nSPS) is 23.9. The lowest BCUT2D eigenvalue weighted by Gasteiger charge is -2.19. The summed E-state index contributed by atoms with van der Waals surface area (Å²) in [5.74, 6) is 0.307. The van der Waals surface area contributed by atoms with Crippen LogP contribution in [-0.4, -0.2) is 16.8 Å². The van der Waals surface area contributed by atoms with Gasteiger partial charge in [0, 0.05) is 30.3 Å². The topological polar surface area (TPSA) is 56.0 Å². The number of pyridine rings is 1. The highest BCUT2D eigenvalue weighted by Gasteiger charge is 2.26. The van der Waals surface area contributed by atoms with Crippen LogP contribution in [0.25, 0.3) is 0 Å². The van der Waals surface area contributed by atoms with Gasteiger partial charge in [-0.05, 0) is 30.9 Å². The third-order valence-electron chi connectivity index (χ3n) is 4.13. The maximum absolute atomic E-state index is 12.4. The monoisotopic (exact) mass is 260 g/mol. The van der Waals surface area contributed by atoms with E-state index in [1.54, 1.807) is 0 Å². The van der Waals surface area contributed by atoms with E-state index in [-0.39, 0.29) is 17.7 Å². The van der Waals surface area contributed by atoms with E-state index < -0.39 is 0 Å². The predicted octanol–water partition coefficient (Wildman–Crippen LogP) is 2.66. The molecule has 3 nitrogen and oxygen atoms in total. The number of ketones is 1. The molecule has 0 bridgehead atoms. The van der Waals surface area contributed by atoms with Crippen molar-refractivity contribution < 1.29 is 4.79 Å². The first-order valence-corrected chi connectivity index (χ1v) is 7.42. The molecule has 0 radical (unpaired) electrons. The summed E-state index contributed by atoms with van der Waals surface area (Å²) in [7, 11) is 0. The minimum absolute atomic E-state index is 0.0372.